The van der Waals surface area contributed by atoms with E-state index in [1.807, 2.05) is 31.4 Å². The van der Waals surface area contributed by atoms with Crippen molar-refractivity contribution >= 4 is 33.7 Å². The summed E-state index contributed by atoms with van der Waals surface area (Å²) in [7, 11) is 0. The van der Waals surface area contributed by atoms with Crippen LogP contribution in [0.5, 0.6) is 0 Å². The van der Waals surface area contributed by atoms with E-state index in [2.05, 4.69) is 20.4 Å². The monoisotopic (exact) mass is 334 g/mol. The Kier molecular flexibility index (Phi) is 4.30. The molecule has 0 aromatic carbocycles. The molecule has 0 saturated heterocycles. The summed E-state index contributed by atoms with van der Waals surface area (Å²) in [5, 5.41) is 9.29. The van der Waals surface area contributed by atoms with E-state index in [-0.39, 0.29) is 12.3 Å². The molecule has 0 atom stereocenters. The van der Waals surface area contributed by atoms with Gasteiger partial charge in [0.25, 0.3) is 0 Å². The highest BCUT2D eigenvalue weighted by molar-refractivity contribution is 7.15. The quantitative estimate of drug-likeness (QED) is 0.773. The minimum atomic E-state index is -0.107. The third kappa shape index (κ3) is 3.40. The standard InChI is InChI=1S/C14H14N4O2S2/c1-8-9(2)22-14(15-8)16-11(19)5-6-12-17-13(18-20-12)10-4-3-7-21-10/h3-4,7H,5-6H2,1-2H3,(H,15,16,19). The van der Waals surface area contributed by atoms with Gasteiger partial charge in [-0.1, -0.05) is 11.2 Å². The lowest BCUT2D eigenvalue weighted by atomic mass is 10.3. The lowest BCUT2D eigenvalue weighted by Crippen LogP contribution is -2.12. The average Bonchev–Trinajstić information content (AvgIpc) is 3.19. The number of thiazole rings is 1. The first-order chi connectivity index (χ1) is 10.6. The van der Waals surface area contributed by atoms with Gasteiger partial charge in [-0.3, -0.25) is 4.79 Å². The molecule has 0 aliphatic rings. The van der Waals surface area contributed by atoms with Crippen molar-refractivity contribution in [1.82, 2.24) is 15.1 Å². The van der Waals surface area contributed by atoms with Gasteiger partial charge in [-0.05, 0) is 25.3 Å². The van der Waals surface area contributed by atoms with E-state index in [4.69, 9.17) is 4.52 Å². The molecule has 0 bridgehead atoms. The van der Waals surface area contributed by atoms with Gasteiger partial charge in [0.15, 0.2) is 5.13 Å². The molecule has 0 saturated carbocycles. The summed E-state index contributed by atoms with van der Waals surface area (Å²) in [5.41, 5.74) is 0.942. The first-order valence-electron chi connectivity index (χ1n) is 6.72. The van der Waals surface area contributed by atoms with Crippen molar-refractivity contribution in [2.75, 3.05) is 5.32 Å². The average molecular weight is 334 g/mol. The predicted octanol–water partition coefficient (Wildman–Crippen LogP) is 3.44. The highest BCUT2D eigenvalue weighted by Gasteiger charge is 2.12. The Morgan fingerprint density at radius 1 is 1.36 bits per heavy atom. The van der Waals surface area contributed by atoms with Crippen LogP contribution in [-0.4, -0.2) is 21.0 Å². The summed E-state index contributed by atoms with van der Waals surface area (Å²) in [4.78, 5) is 22.5. The normalized spacial score (nSPS) is 10.8. The third-order valence-corrected chi connectivity index (χ3v) is 4.90. The number of carbonyl (C=O) groups excluding carboxylic acids is 1. The predicted molar refractivity (Wildman–Crippen MR) is 86.1 cm³/mol. The number of carbonyl (C=O) groups is 1. The molecule has 0 fully saturated rings. The number of rotatable bonds is 5. The maximum absolute atomic E-state index is 11.9. The molecule has 3 rings (SSSR count). The van der Waals surface area contributed by atoms with Crippen LogP contribution in [0.25, 0.3) is 10.7 Å². The van der Waals surface area contributed by atoms with Crippen molar-refractivity contribution in [2.24, 2.45) is 0 Å². The summed E-state index contributed by atoms with van der Waals surface area (Å²) in [6, 6.07) is 3.86. The van der Waals surface area contributed by atoms with E-state index >= 15 is 0 Å². The summed E-state index contributed by atoms with van der Waals surface area (Å²) >= 11 is 3.02. The van der Waals surface area contributed by atoms with Crippen LogP contribution in [0.3, 0.4) is 0 Å². The number of nitrogens with one attached hydrogen (secondary N) is 1. The van der Waals surface area contributed by atoms with E-state index in [1.165, 1.54) is 11.3 Å². The zero-order valence-corrected chi connectivity index (χ0v) is 13.8. The van der Waals surface area contributed by atoms with Crippen LogP contribution in [0, 0.1) is 13.8 Å². The Balaban J connectivity index is 1.55. The van der Waals surface area contributed by atoms with Crippen LogP contribution in [0.4, 0.5) is 5.13 Å². The summed E-state index contributed by atoms with van der Waals surface area (Å²) in [6.07, 6.45) is 0.692. The maximum atomic E-state index is 11.9. The van der Waals surface area contributed by atoms with Crippen LogP contribution in [-0.2, 0) is 11.2 Å². The molecule has 0 aliphatic carbocycles. The molecule has 3 aromatic heterocycles. The van der Waals surface area contributed by atoms with Gasteiger partial charge >= 0.3 is 0 Å². The van der Waals surface area contributed by atoms with Gasteiger partial charge in [-0.25, -0.2) is 4.98 Å². The fourth-order valence-electron chi connectivity index (χ4n) is 1.79. The van der Waals surface area contributed by atoms with Gasteiger partial charge in [0, 0.05) is 17.7 Å². The van der Waals surface area contributed by atoms with Crippen molar-refractivity contribution in [3.05, 3.63) is 34.0 Å². The number of amides is 1. The molecule has 0 radical (unpaired) electrons. The van der Waals surface area contributed by atoms with Gasteiger partial charge in [0.05, 0.1) is 10.6 Å². The molecule has 114 valence electrons. The van der Waals surface area contributed by atoms with Crippen LogP contribution in [0.2, 0.25) is 0 Å². The van der Waals surface area contributed by atoms with Gasteiger partial charge in [0.1, 0.15) is 0 Å². The van der Waals surface area contributed by atoms with Gasteiger partial charge in [-0.15, -0.1) is 22.7 Å². The molecule has 0 spiro atoms. The molecule has 3 heterocycles. The number of hydrogen-bond donors (Lipinski definition) is 1. The van der Waals surface area contributed by atoms with Crippen LogP contribution in [0.1, 0.15) is 22.9 Å². The van der Waals surface area contributed by atoms with E-state index in [0.29, 0.717) is 23.3 Å². The Morgan fingerprint density at radius 3 is 2.91 bits per heavy atom. The molecule has 6 nitrogen and oxygen atoms in total. The first kappa shape index (κ1) is 14.9. The van der Waals surface area contributed by atoms with Crippen molar-refractivity contribution in [3.63, 3.8) is 0 Å². The minimum absolute atomic E-state index is 0.107. The second-order valence-electron chi connectivity index (χ2n) is 4.70. The Hall–Kier alpha value is -2.06. The van der Waals surface area contributed by atoms with E-state index in [0.717, 1.165) is 15.4 Å². The smallest absolute Gasteiger partial charge is 0.227 e. The summed E-state index contributed by atoms with van der Waals surface area (Å²) in [5.74, 6) is 0.922. The number of nitrogens with zero attached hydrogens (tertiary/aromatic N) is 3. The SMILES string of the molecule is Cc1nc(NC(=O)CCc2nc(-c3cccs3)no2)sc1C. The van der Waals surface area contributed by atoms with E-state index < -0.39 is 0 Å². The van der Waals surface area contributed by atoms with Crippen LogP contribution < -0.4 is 5.32 Å². The number of aromatic nitrogens is 3. The first-order valence-corrected chi connectivity index (χ1v) is 8.42. The lowest BCUT2D eigenvalue weighted by molar-refractivity contribution is -0.116. The Bertz CT molecular complexity index is 757. The zero-order chi connectivity index (χ0) is 15.5. The molecule has 0 unspecified atom stereocenters. The second-order valence-corrected chi connectivity index (χ2v) is 6.85. The van der Waals surface area contributed by atoms with Crippen LogP contribution >= 0.6 is 22.7 Å². The molecule has 1 amide bonds. The topological polar surface area (TPSA) is 80.9 Å². The van der Waals surface area contributed by atoms with Crippen molar-refractivity contribution < 1.29 is 9.32 Å². The second kappa shape index (κ2) is 6.37. The van der Waals surface area contributed by atoms with Gasteiger partial charge in [-0.2, -0.15) is 4.98 Å². The number of aryl methyl sites for hydroxylation is 3. The molecular formula is C14H14N4O2S2. The van der Waals surface area contributed by atoms with E-state index in [1.54, 1.807) is 11.3 Å². The molecule has 22 heavy (non-hydrogen) atoms. The molecule has 1 N–H and O–H groups in total. The van der Waals surface area contributed by atoms with Gasteiger partial charge in [0.2, 0.25) is 17.6 Å². The lowest BCUT2D eigenvalue weighted by Gasteiger charge is -1.98. The van der Waals surface area contributed by atoms with Crippen molar-refractivity contribution in [2.45, 2.75) is 26.7 Å². The van der Waals surface area contributed by atoms with Crippen LogP contribution in [0.15, 0.2) is 22.0 Å². The highest BCUT2D eigenvalue weighted by Crippen LogP contribution is 2.22. The third-order valence-electron chi connectivity index (χ3n) is 3.05. The zero-order valence-electron chi connectivity index (χ0n) is 12.1. The largest absolute Gasteiger partial charge is 0.339 e. The molecule has 0 aliphatic heterocycles. The van der Waals surface area contributed by atoms with E-state index in [9.17, 15) is 4.79 Å². The van der Waals surface area contributed by atoms with Crippen molar-refractivity contribution in [1.29, 1.82) is 0 Å². The Labute approximate surface area is 135 Å². The molecular weight excluding hydrogens is 320 g/mol. The fraction of sp³-hybridized carbons (Fsp3) is 0.286. The molecule has 8 heteroatoms. The highest BCUT2D eigenvalue weighted by atomic mass is 32.1. The number of anilines is 1. The number of hydrogen-bond acceptors (Lipinski definition) is 7. The maximum Gasteiger partial charge on any atom is 0.227 e. The van der Waals surface area contributed by atoms with Gasteiger partial charge < -0.3 is 9.84 Å². The minimum Gasteiger partial charge on any atom is -0.339 e. The fourth-order valence-corrected chi connectivity index (χ4v) is 3.27. The number of thiophene rings is 1. The summed E-state index contributed by atoms with van der Waals surface area (Å²) in [6.45, 7) is 3.90. The Morgan fingerprint density at radius 2 is 2.23 bits per heavy atom. The molecule has 3 aromatic rings. The van der Waals surface area contributed by atoms with Crippen molar-refractivity contribution in [3.8, 4) is 10.7 Å². The summed E-state index contributed by atoms with van der Waals surface area (Å²) < 4.78 is 5.16.